The number of unbranched alkanes of at least 4 members (excludes halogenated alkanes) is 1. The molecule has 136 valence electrons. The fourth-order valence-electron chi connectivity index (χ4n) is 3.83. The SMILES string of the molecule is CCCCS(=O)(=O)N1C[C@@H]2CNC[C@@H]2[C@@H]1c1ccc(OC)cc1.Cl. The van der Waals surface area contributed by atoms with Crippen LogP contribution < -0.4 is 10.1 Å². The second-order valence-corrected chi connectivity index (χ2v) is 8.58. The summed E-state index contributed by atoms with van der Waals surface area (Å²) in [5.41, 5.74) is 1.07. The molecule has 3 rings (SSSR count). The van der Waals surface area contributed by atoms with E-state index in [-0.39, 0.29) is 24.2 Å². The predicted octanol–water partition coefficient (Wildman–Crippen LogP) is 2.44. The normalized spacial score (nSPS) is 26.8. The van der Waals surface area contributed by atoms with Gasteiger partial charge in [0, 0.05) is 13.1 Å². The molecule has 0 unspecified atom stereocenters. The van der Waals surface area contributed by atoms with Crippen LogP contribution in [0.3, 0.4) is 0 Å². The number of halogens is 1. The minimum atomic E-state index is -3.20. The van der Waals surface area contributed by atoms with Gasteiger partial charge in [0.15, 0.2) is 0 Å². The fourth-order valence-corrected chi connectivity index (χ4v) is 5.76. The minimum absolute atomic E-state index is 0. The lowest BCUT2D eigenvalue weighted by atomic mass is 9.90. The molecule has 3 atom stereocenters. The molecule has 1 N–H and O–H groups in total. The van der Waals surface area contributed by atoms with Crippen molar-refractivity contribution in [3.05, 3.63) is 29.8 Å². The molecule has 2 aliphatic rings. The number of benzene rings is 1. The fraction of sp³-hybridized carbons (Fsp3) is 0.647. The maximum Gasteiger partial charge on any atom is 0.214 e. The highest BCUT2D eigenvalue weighted by atomic mass is 35.5. The first kappa shape index (κ1) is 19.5. The van der Waals surface area contributed by atoms with E-state index < -0.39 is 10.0 Å². The third-order valence-corrected chi connectivity index (χ3v) is 6.99. The Morgan fingerprint density at radius 3 is 2.58 bits per heavy atom. The van der Waals surface area contributed by atoms with E-state index in [0.717, 1.165) is 37.2 Å². The van der Waals surface area contributed by atoms with E-state index in [9.17, 15) is 8.42 Å². The largest absolute Gasteiger partial charge is 0.497 e. The van der Waals surface area contributed by atoms with Crippen molar-refractivity contribution in [3.8, 4) is 5.75 Å². The lowest BCUT2D eigenvalue weighted by Crippen LogP contribution is -2.36. The van der Waals surface area contributed by atoms with Gasteiger partial charge in [-0.1, -0.05) is 25.5 Å². The zero-order valence-electron chi connectivity index (χ0n) is 14.3. The van der Waals surface area contributed by atoms with E-state index in [1.807, 2.05) is 31.2 Å². The van der Waals surface area contributed by atoms with E-state index in [1.54, 1.807) is 11.4 Å². The predicted molar refractivity (Wildman–Crippen MR) is 98.2 cm³/mol. The molecule has 0 aliphatic carbocycles. The minimum Gasteiger partial charge on any atom is -0.497 e. The molecule has 0 spiro atoms. The van der Waals surface area contributed by atoms with E-state index in [1.165, 1.54) is 0 Å². The first-order chi connectivity index (χ1) is 11.1. The first-order valence-corrected chi connectivity index (χ1v) is 10.0. The van der Waals surface area contributed by atoms with Crippen molar-refractivity contribution in [1.82, 2.24) is 9.62 Å². The highest BCUT2D eigenvalue weighted by Gasteiger charge is 2.48. The Labute approximate surface area is 151 Å². The molecule has 2 heterocycles. The molecular weight excluding hydrogens is 348 g/mol. The number of methoxy groups -OCH3 is 1. The van der Waals surface area contributed by atoms with Crippen LogP contribution in [0.4, 0.5) is 0 Å². The zero-order valence-corrected chi connectivity index (χ0v) is 15.9. The second kappa shape index (κ2) is 8.04. The van der Waals surface area contributed by atoms with Crippen LogP contribution in [0.25, 0.3) is 0 Å². The molecule has 0 radical (unpaired) electrons. The van der Waals surface area contributed by atoms with Crippen LogP contribution in [0.2, 0.25) is 0 Å². The number of ether oxygens (including phenoxy) is 1. The molecule has 24 heavy (non-hydrogen) atoms. The van der Waals surface area contributed by atoms with Gasteiger partial charge < -0.3 is 10.1 Å². The number of rotatable bonds is 6. The van der Waals surface area contributed by atoms with Gasteiger partial charge in [-0.15, -0.1) is 12.4 Å². The van der Waals surface area contributed by atoms with E-state index >= 15 is 0 Å². The van der Waals surface area contributed by atoms with Crippen molar-refractivity contribution in [2.75, 3.05) is 32.5 Å². The number of hydrogen-bond acceptors (Lipinski definition) is 4. The Hall–Kier alpha value is -0.820. The standard InChI is InChI=1S/C17H26N2O3S.ClH/c1-3-4-9-23(20,21)19-12-14-10-18-11-16(14)17(19)13-5-7-15(22-2)8-6-13;/h5-8,14,16-18H,3-4,9-12H2,1-2H3;1H/t14-,16-,17-;/m0./s1. The van der Waals surface area contributed by atoms with Crippen molar-refractivity contribution in [3.63, 3.8) is 0 Å². The maximum absolute atomic E-state index is 12.8. The third-order valence-electron chi connectivity index (χ3n) is 5.09. The summed E-state index contributed by atoms with van der Waals surface area (Å²) >= 11 is 0. The Morgan fingerprint density at radius 2 is 1.96 bits per heavy atom. The topological polar surface area (TPSA) is 58.6 Å². The quantitative estimate of drug-likeness (QED) is 0.830. The van der Waals surface area contributed by atoms with E-state index in [0.29, 0.717) is 18.4 Å². The summed E-state index contributed by atoms with van der Waals surface area (Å²) in [5.74, 6) is 1.83. The Kier molecular flexibility index (Phi) is 6.53. The summed E-state index contributed by atoms with van der Waals surface area (Å²) < 4.78 is 32.6. The summed E-state index contributed by atoms with van der Waals surface area (Å²) in [5, 5.41) is 3.42. The van der Waals surface area contributed by atoms with Gasteiger partial charge in [0.25, 0.3) is 0 Å². The third kappa shape index (κ3) is 3.72. The van der Waals surface area contributed by atoms with E-state index in [2.05, 4.69) is 5.32 Å². The van der Waals surface area contributed by atoms with Gasteiger partial charge in [-0.05, 0) is 42.5 Å². The van der Waals surface area contributed by atoms with Crippen molar-refractivity contribution >= 4 is 22.4 Å². The Balaban J connectivity index is 0.00000208. The maximum atomic E-state index is 12.8. The number of hydrogen-bond donors (Lipinski definition) is 1. The highest BCUT2D eigenvalue weighted by molar-refractivity contribution is 7.89. The van der Waals surface area contributed by atoms with Crippen LogP contribution in [0.15, 0.2) is 24.3 Å². The first-order valence-electron chi connectivity index (χ1n) is 8.41. The average molecular weight is 375 g/mol. The van der Waals surface area contributed by atoms with Gasteiger partial charge in [0.05, 0.1) is 18.9 Å². The molecule has 5 nitrogen and oxygen atoms in total. The number of nitrogens with one attached hydrogen (secondary N) is 1. The van der Waals surface area contributed by atoms with Gasteiger partial charge in [-0.25, -0.2) is 8.42 Å². The summed E-state index contributed by atoms with van der Waals surface area (Å²) in [7, 11) is -1.56. The van der Waals surface area contributed by atoms with Gasteiger partial charge >= 0.3 is 0 Å². The van der Waals surface area contributed by atoms with Crippen LogP contribution >= 0.6 is 12.4 Å². The van der Waals surface area contributed by atoms with Crippen LogP contribution in [-0.4, -0.2) is 45.2 Å². The molecule has 0 saturated carbocycles. The van der Waals surface area contributed by atoms with Crippen molar-refractivity contribution in [1.29, 1.82) is 0 Å². The van der Waals surface area contributed by atoms with E-state index in [4.69, 9.17) is 4.74 Å². The molecule has 1 aromatic rings. The molecule has 1 aromatic carbocycles. The van der Waals surface area contributed by atoms with Crippen molar-refractivity contribution in [2.45, 2.75) is 25.8 Å². The monoisotopic (exact) mass is 374 g/mol. The molecule has 2 aliphatic heterocycles. The zero-order chi connectivity index (χ0) is 16.4. The van der Waals surface area contributed by atoms with Crippen molar-refractivity contribution < 1.29 is 13.2 Å². The number of nitrogens with zero attached hydrogens (tertiary/aromatic N) is 1. The molecular formula is C17H27ClN2O3S. The number of fused-ring (bicyclic) bond motifs is 1. The second-order valence-electron chi connectivity index (χ2n) is 6.54. The lowest BCUT2D eigenvalue weighted by molar-refractivity contribution is 0.344. The molecule has 0 bridgehead atoms. The van der Waals surface area contributed by atoms with Crippen molar-refractivity contribution in [2.24, 2.45) is 11.8 Å². The Morgan fingerprint density at radius 1 is 1.25 bits per heavy atom. The van der Waals surface area contributed by atoms with Gasteiger partial charge in [-0.2, -0.15) is 4.31 Å². The molecule has 7 heteroatoms. The van der Waals surface area contributed by atoms with Gasteiger partial charge in [0.2, 0.25) is 10.0 Å². The average Bonchev–Trinajstić information content (AvgIpc) is 3.14. The molecule has 0 aromatic heterocycles. The summed E-state index contributed by atoms with van der Waals surface area (Å²) in [6.07, 6.45) is 1.62. The molecule has 0 amide bonds. The van der Waals surface area contributed by atoms with Crippen LogP contribution in [0.5, 0.6) is 5.75 Å². The highest BCUT2D eigenvalue weighted by Crippen LogP contribution is 2.44. The van der Waals surface area contributed by atoms with Crippen LogP contribution in [-0.2, 0) is 10.0 Å². The smallest absolute Gasteiger partial charge is 0.214 e. The van der Waals surface area contributed by atoms with Crippen LogP contribution in [0, 0.1) is 11.8 Å². The van der Waals surface area contributed by atoms with Gasteiger partial charge in [-0.3, -0.25) is 0 Å². The Bertz CT molecular complexity index is 636. The number of sulfonamides is 1. The lowest BCUT2D eigenvalue weighted by Gasteiger charge is -2.28. The van der Waals surface area contributed by atoms with Gasteiger partial charge in [0.1, 0.15) is 5.75 Å². The molecule has 2 fully saturated rings. The summed E-state index contributed by atoms with van der Waals surface area (Å²) in [6, 6.07) is 7.80. The van der Waals surface area contributed by atoms with Crippen LogP contribution in [0.1, 0.15) is 31.4 Å². The molecule has 2 saturated heterocycles. The summed E-state index contributed by atoms with van der Waals surface area (Å²) in [4.78, 5) is 0. The summed E-state index contributed by atoms with van der Waals surface area (Å²) in [6.45, 7) is 4.47.